The van der Waals surface area contributed by atoms with Crippen LogP contribution in [0.25, 0.3) is 6.08 Å². The Hall–Kier alpha value is -2.53. The molecular weight excluding hydrogens is 380 g/mol. The van der Waals surface area contributed by atoms with Gasteiger partial charge in [0.1, 0.15) is 0 Å². The third kappa shape index (κ3) is 3.48. The van der Waals surface area contributed by atoms with E-state index in [0.29, 0.717) is 16.5 Å². The van der Waals surface area contributed by atoms with Crippen LogP contribution >= 0.6 is 11.8 Å². The molecule has 0 bridgehead atoms. The fourth-order valence-electron chi connectivity index (χ4n) is 4.62. The molecule has 4 rings (SSSR count). The SMILES string of the molecule is CCN1c2ccc(/C=C3\SC(=O)N(c4ccccc4)C3=O)cc2[C@H](C)CC1(C)C. The number of amides is 2. The Bertz CT molecular complexity index is 997. The van der Waals surface area contributed by atoms with Crippen molar-refractivity contribution in [3.63, 3.8) is 0 Å². The molecule has 0 spiro atoms. The predicted molar refractivity (Wildman–Crippen MR) is 121 cm³/mol. The first kappa shape index (κ1) is 19.8. The molecular formula is C24H26N2O2S. The summed E-state index contributed by atoms with van der Waals surface area (Å²) in [6.45, 7) is 10.0. The lowest BCUT2D eigenvalue weighted by Crippen LogP contribution is -2.48. The summed E-state index contributed by atoms with van der Waals surface area (Å²) in [5, 5.41) is -0.252. The van der Waals surface area contributed by atoms with E-state index < -0.39 is 0 Å². The van der Waals surface area contributed by atoms with Crippen molar-refractivity contribution in [1.29, 1.82) is 0 Å². The van der Waals surface area contributed by atoms with Gasteiger partial charge in [-0.05, 0) is 86.3 Å². The van der Waals surface area contributed by atoms with Crippen LogP contribution in [0.4, 0.5) is 16.2 Å². The van der Waals surface area contributed by atoms with Gasteiger partial charge in [-0.3, -0.25) is 9.59 Å². The van der Waals surface area contributed by atoms with Crippen molar-refractivity contribution < 1.29 is 9.59 Å². The average Bonchev–Trinajstić information content (AvgIpc) is 2.95. The number of rotatable bonds is 3. The Kier molecular flexibility index (Phi) is 5.03. The summed E-state index contributed by atoms with van der Waals surface area (Å²) in [4.78, 5) is 29.5. The summed E-state index contributed by atoms with van der Waals surface area (Å²) in [7, 11) is 0. The van der Waals surface area contributed by atoms with E-state index in [4.69, 9.17) is 0 Å². The number of fused-ring (bicyclic) bond motifs is 1. The number of hydrogen-bond donors (Lipinski definition) is 0. The summed E-state index contributed by atoms with van der Waals surface area (Å²) >= 11 is 1.00. The molecule has 1 saturated heterocycles. The molecule has 0 unspecified atom stereocenters. The highest BCUT2D eigenvalue weighted by molar-refractivity contribution is 8.19. The monoisotopic (exact) mass is 406 g/mol. The number of anilines is 2. The van der Waals surface area contributed by atoms with Crippen LogP contribution in [0.15, 0.2) is 53.4 Å². The minimum absolute atomic E-state index is 0.126. The van der Waals surface area contributed by atoms with Gasteiger partial charge in [0.25, 0.3) is 11.1 Å². The van der Waals surface area contributed by atoms with E-state index >= 15 is 0 Å². The van der Waals surface area contributed by atoms with Crippen LogP contribution in [-0.4, -0.2) is 23.2 Å². The van der Waals surface area contributed by atoms with Gasteiger partial charge in [0.15, 0.2) is 0 Å². The number of hydrogen-bond acceptors (Lipinski definition) is 4. The third-order valence-corrected chi connectivity index (χ3v) is 6.70. The van der Waals surface area contributed by atoms with Crippen LogP contribution < -0.4 is 9.80 Å². The molecule has 4 nitrogen and oxygen atoms in total. The van der Waals surface area contributed by atoms with E-state index in [1.165, 1.54) is 16.2 Å². The predicted octanol–water partition coefficient (Wildman–Crippen LogP) is 6.04. The Morgan fingerprint density at radius 2 is 1.86 bits per heavy atom. The largest absolute Gasteiger partial charge is 0.366 e. The Balaban J connectivity index is 1.67. The summed E-state index contributed by atoms with van der Waals surface area (Å²) in [5.41, 5.74) is 4.28. The number of thioether (sulfide) groups is 1. The molecule has 0 saturated carbocycles. The lowest BCUT2D eigenvalue weighted by atomic mass is 9.79. The highest BCUT2D eigenvalue weighted by Gasteiger charge is 2.37. The smallest absolute Gasteiger partial charge is 0.298 e. The molecule has 1 atom stereocenters. The van der Waals surface area contributed by atoms with Gasteiger partial charge < -0.3 is 4.90 Å². The first-order chi connectivity index (χ1) is 13.8. The van der Waals surface area contributed by atoms with Crippen molar-refractivity contribution in [3.8, 4) is 0 Å². The molecule has 2 heterocycles. The Morgan fingerprint density at radius 1 is 1.14 bits per heavy atom. The van der Waals surface area contributed by atoms with E-state index in [2.05, 4.69) is 44.7 Å². The lowest BCUT2D eigenvalue weighted by molar-refractivity contribution is -0.113. The maximum absolute atomic E-state index is 12.9. The third-order valence-electron chi connectivity index (χ3n) is 5.83. The van der Waals surface area contributed by atoms with E-state index in [0.717, 1.165) is 30.3 Å². The van der Waals surface area contributed by atoms with Gasteiger partial charge in [-0.15, -0.1) is 0 Å². The highest BCUT2D eigenvalue weighted by Crippen LogP contribution is 2.44. The minimum Gasteiger partial charge on any atom is -0.366 e. The van der Waals surface area contributed by atoms with Crippen LogP contribution in [0.3, 0.4) is 0 Å². The quantitative estimate of drug-likeness (QED) is 0.583. The molecule has 1 fully saturated rings. The number of imide groups is 1. The normalized spacial score (nSPS) is 22.3. The van der Waals surface area contributed by atoms with Crippen molar-refractivity contribution in [2.75, 3.05) is 16.3 Å². The summed E-state index contributed by atoms with van der Waals surface area (Å²) < 4.78 is 0. The maximum atomic E-state index is 12.9. The van der Waals surface area contributed by atoms with Crippen molar-refractivity contribution in [2.45, 2.75) is 45.6 Å². The van der Waals surface area contributed by atoms with Gasteiger partial charge in [-0.2, -0.15) is 0 Å². The van der Waals surface area contributed by atoms with Gasteiger partial charge >= 0.3 is 0 Å². The Morgan fingerprint density at radius 3 is 2.55 bits per heavy atom. The van der Waals surface area contributed by atoms with Gasteiger partial charge in [0.2, 0.25) is 0 Å². The summed E-state index contributed by atoms with van der Waals surface area (Å²) in [5.74, 6) is 0.184. The minimum atomic E-state index is -0.256. The maximum Gasteiger partial charge on any atom is 0.298 e. The van der Waals surface area contributed by atoms with Gasteiger partial charge in [0, 0.05) is 17.8 Å². The zero-order valence-corrected chi connectivity index (χ0v) is 18.1. The zero-order chi connectivity index (χ0) is 20.8. The van der Waals surface area contributed by atoms with E-state index in [1.807, 2.05) is 30.3 Å². The van der Waals surface area contributed by atoms with E-state index in [9.17, 15) is 9.59 Å². The van der Waals surface area contributed by atoms with Crippen LogP contribution in [0.5, 0.6) is 0 Å². The van der Waals surface area contributed by atoms with Crippen LogP contribution in [0.2, 0.25) is 0 Å². The van der Waals surface area contributed by atoms with Crippen LogP contribution in [0, 0.1) is 0 Å². The number of carbonyl (C=O) groups excluding carboxylic acids is 2. The van der Waals surface area contributed by atoms with Crippen molar-refractivity contribution >= 4 is 40.4 Å². The molecule has 0 radical (unpaired) electrons. The van der Waals surface area contributed by atoms with Gasteiger partial charge in [-0.1, -0.05) is 31.2 Å². The average molecular weight is 407 g/mol. The molecule has 0 aromatic heterocycles. The first-order valence-corrected chi connectivity index (χ1v) is 10.9. The second-order valence-corrected chi connectivity index (χ2v) is 9.33. The molecule has 0 N–H and O–H groups in total. The second kappa shape index (κ2) is 7.38. The van der Waals surface area contributed by atoms with Gasteiger partial charge in [0.05, 0.1) is 10.6 Å². The lowest BCUT2D eigenvalue weighted by Gasteiger charge is -2.47. The standard InChI is InChI=1S/C24H26N2O2S/c1-5-25-20-12-11-17(13-19(20)16(2)15-24(25,3)4)14-21-22(27)26(23(28)29-21)18-9-7-6-8-10-18/h6-14,16H,5,15H2,1-4H3/b21-14-/t16-/m1/s1. The fourth-order valence-corrected chi connectivity index (χ4v) is 5.46. The van der Waals surface area contributed by atoms with E-state index in [1.54, 1.807) is 12.1 Å². The second-order valence-electron chi connectivity index (χ2n) is 8.33. The molecule has 2 aliphatic heterocycles. The molecule has 150 valence electrons. The molecule has 2 aliphatic rings. The summed E-state index contributed by atoms with van der Waals surface area (Å²) in [6, 6.07) is 15.5. The topological polar surface area (TPSA) is 40.6 Å². The summed E-state index contributed by atoms with van der Waals surface area (Å²) in [6.07, 6.45) is 2.93. The Labute approximate surface area is 176 Å². The zero-order valence-electron chi connectivity index (χ0n) is 17.3. The first-order valence-electron chi connectivity index (χ1n) is 10.1. The highest BCUT2D eigenvalue weighted by atomic mass is 32.2. The molecule has 2 aromatic rings. The van der Waals surface area contributed by atoms with Crippen molar-refractivity contribution in [2.24, 2.45) is 0 Å². The van der Waals surface area contributed by atoms with Crippen molar-refractivity contribution in [3.05, 3.63) is 64.6 Å². The number of nitrogens with zero attached hydrogens (tertiary/aromatic N) is 2. The number of para-hydroxylation sites is 1. The van der Waals surface area contributed by atoms with E-state index in [-0.39, 0.29) is 16.7 Å². The van der Waals surface area contributed by atoms with Crippen molar-refractivity contribution in [1.82, 2.24) is 0 Å². The molecule has 2 amide bonds. The molecule has 29 heavy (non-hydrogen) atoms. The van der Waals surface area contributed by atoms with Crippen LogP contribution in [0.1, 0.15) is 51.2 Å². The number of benzene rings is 2. The molecule has 0 aliphatic carbocycles. The van der Waals surface area contributed by atoms with Gasteiger partial charge in [-0.25, -0.2) is 4.90 Å². The fraction of sp³-hybridized carbons (Fsp3) is 0.333. The molecule has 5 heteroatoms. The number of carbonyl (C=O) groups is 2. The molecule has 2 aromatic carbocycles. The van der Waals surface area contributed by atoms with Crippen LogP contribution in [-0.2, 0) is 4.79 Å².